The second-order valence-corrected chi connectivity index (χ2v) is 6.03. The molecule has 1 saturated heterocycles. The summed E-state index contributed by atoms with van der Waals surface area (Å²) in [5.74, 6) is 0.747. The zero-order valence-corrected chi connectivity index (χ0v) is 13.4. The van der Waals surface area contributed by atoms with Crippen LogP contribution in [0.3, 0.4) is 0 Å². The highest BCUT2D eigenvalue weighted by atomic mass is 32.1. The Hall–Kier alpha value is -1.56. The van der Waals surface area contributed by atoms with Crippen LogP contribution in [0.15, 0.2) is 11.4 Å². The van der Waals surface area contributed by atoms with Gasteiger partial charge in [-0.05, 0) is 30.7 Å². The van der Waals surface area contributed by atoms with Gasteiger partial charge in [-0.15, -0.1) is 11.3 Å². The molecule has 1 atom stereocenters. The van der Waals surface area contributed by atoms with Crippen molar-refractivity contribution in [2.24, 2.45) is 0 Å². The molecule has 1 aromatic rings. The predicted molar refractivity (Wildman–Crippen MR) is 82.8 cm³/mol. The summed E-state index contributed by atoms with van der Waals surface area (Å²) in [6.45, 7) is 3.51. The maximum absolute atomic E-state index is 12.1. The second-order valence-electron chi connectivity index (χ2n) is 5.12. The molecule has 2 rings (SSSR count). The molecule has 1 aromatic heterocycles. The molecule has 21 heavy (non-hydrogen) atoms. The fraction of sp³-hybridized carbons (Fsp3) is 0.600. The minimum atomic E-state index is -0.107. The van der Waals surface area contributed by atoms with Crippen LogP contribution >= 0.6 is 11.3 Å². The minimum absolute atomic E-state index is 0.107. The molecule has 0 bridgehead atoms. The zero-order valence-electron chi connectivity index (χ0n) is 12.6. The molecule has 2 heterocycles. The third-order valence-electron chi connectivity index (χ3n) is 3.84. The van der Waals surface area contributed by atoms with Gasteiger partial charge in [0.2, 0.25) is 5.91 Å². The Balaban J connectivity index is 1.82. The van der Waals surface area contributed by atoms with Gasteiger partial charge < -0.3 is 15.0 Å². The van der Waals surface area contributed by atoms with Gasteiger partial charge in [-0.1, -0.05) is 6.92 Å². The number of likely N-dealkylation sites (tertiary alicyclic amines) is 1. The molecule has 1 aliphatic heterocycles. The normalized spacial score (nSPS) is 16.1. The monoisotopic (exact) mass is 310 g/mol. The number of ether oxygens (including phenoxy) is 1. The van der Waals surface area contributed by atoms with Gasteiger partial charge in [0.05, 0.1) is 7.11 Å². The molecule has 0 spiro atoms. The van der Waals surface area contributed by atoms with Gasteiger partial charge in [0, 0.05) is 25.6 Å². The van der Waals surface area contributed by atoms with Crippen LogP contribution in [-0.4, -0.2) is 43.0 Å². The number of carbonyl (C=O) groups is 2. The molecule has 6 heteroatoms. The van der Waals surface area contributed by atoms with E-state index < -0.39 is 0 Å². The molecule has 1 fully saturated rings. The van der Waals surface area contributed by atoms with Crippen LogP contribution in [0.25, 0.3) is 0 Å². The van der Waals surface area contributed by atoms with Crippen LogP contribution in [0.1, 0.15) is 42.3 Å². The van der Waals surface area contributed by atoms with Crippen molar-refractivity contribution >= 4 is 23.2 Å². The highest BCUT2D eigenvalue weighted by Gasteiger charge is 2.26. The van der Waals surface area contributed by atoms with Crippen molar-refractivity contribution in [2.45, 2.75) is 38.6 Å². The van der Waals surface area contributed by atoms with Crippen LogP contribution in [0, 0.1) is 0 Å². The average Bonchev–Trinajstić information content (AvgIpc) is 3.12. The number of hydrogen-bond donors (Lipinski definition) is 1. The fourth-order valence-electron chi connectivity index (χ4n) is 2.69. The van der Waals surface area contributed by atoms with Crippen LogP contribution < -0.4 is 10.1 Å². The van der Waals surface area contributed by atoms with Crippen molar-refractivity contribution in [3.8, 4) is 5.75 Å². The number of methoxy groups -OCH3 is 1. The topological polar surface area (TPSA) is 58.6 Å². The first kappa shape index (κ1) is 15.8. The van der Waals surface area contributed by atoms with Crippen LogP contribution in [0.5, 0.6) is 5.75 Å². The van der Waals surface area contributed by atoms with E-state index in [0.717, 1.165) is 25.8 Å². The van der Waals surface area contributed by atoms with Gasteiger partial charge in [-0.2, -0.15) is 0 Å². The van der Waals surface area contributed by atoms with Crippen molar-refractivity contribution in [2.75, 3.05) is 20.2 Å². The Labute approximate surface area is 129 Å². The minimum Gasteiger partial charge on any atom is -0.495 e. The molecule has 0 aliphatic carbocycles. The summed E-state index contributed by atoms with van der Waals surface area (Å²) in [6, 6.07) is 2.02. The number of rotatable bonds is 7. The van der Waals surface area contributed by atoms with E-state index in [0.29, 0.717) is 23.6 Å². The van der Waals surface area contributed by atoms with E-state index in [-0.39, 0.29) is 17.9 Å². The fourth-order valence-corrected chi connectivity index (χ4v) is 3.47. The van der Waals surface area contributed by atoms with Gasteiger partial charge in [0.15, 0.2) is 0 Å². The summed E-state index contributed by atoms with van der Waals surface area (Å²) < 4.78 is 5.15. The Morgan fingerprint density at radius 3 is 3.00 bits per heavy atom. The molecule has 1 aliphatic rings. The van der Waals surface area contributed by atoms with Crippen LogP contribution in [0.4, 0.5) is 0 Å². The summed E-state index contributed by atoms with van der Waals surface area (Å²) in [5, 5.41) is 4.76. The lowest BCUT2D eigenvalue weighted by atomic mass is 10.1. The van der Waals surface area contributed by atoms with Gasteiger partial charge >= 0.3 is 0 Å². The molecular weight excluding hydrogens is 288 g/mol. The van der Waals surface area contributed by atoms with Crippen LogP contribution in [-0.2, 0) is 4.79 Å². The zero-order chi connectivity index (χ0) is 15.2. The average molecular weight is 310 g/mol. The quantitative estimate of drug-likeness (QED) is 0.840. The maximum Gasteiger partial charge on any atom is 0.265 e. The number of carbonyl (C=O) groups excluding carboxylic acids is 2. The van der Waals surface area contributed by atoms with E-state index in [1.165, 1.54) is 11.3 Å². The van der Waals surface area contributed by atoms with E-state index in [1.807, 2.05) is 10.3 Å². The van der Waals surface area contributed by atoms with Gasteiger partial charge in [-0.25, -0.2) is 0 Å². The highest BCUT2D eigenvalue weighted by molar-refractivity contribution is 7.12. The molecule has 116 valence electrons. The van der Waals surface area contributed by atoms with Gasteiger partial charge in [0.1, 0.15) is 10.6 Å². The Bertz CT molecular complexity index is 501. The molecule has 2 amide bonds. The smallest absolute Gasteiger partial charge is 0.265 e. The van der Waals surface area contributed by atoms with E-state index in [9.17, 15) is 9.59 Å². The van der Waals surface area contributed by atoms with Crippen molar-refractivity contribution in [1.82, 2.24) is 10.2 Å². The van der Waals surface area contributed by atoms with E-state index in [2.05, 4.69) is 12.2 Å². The molecule has 1 unspecified atom stereocenters. The molecule has 0 saturated carbocycles. The first-order chi connectivity index (χ1) is 10.2. The van der Waals surface area contributed by atoms with Gasteiger partial charge in [0.25, 0.3) is 5.91 Å². The lowest BCUT2D eigenvalue weighted by Crippen LogP contribution is -2.38. The summed E-state index contributed by atoms with van der Waals surface area (Å²) in [4.78, 5) is 26.4. The third-order valence-corrected chi connectivity index (χ3v) is 4.73. The largest absolute Gasteiger partial charge is 0.495 e. The Morgan fingerprint density at radius 1 is 1.57 bits per heavy atom. The highest BCUT2D eigenvalue weighted by Crippen LogP contribution is 2.24. The van der Waals surface area contributed by atoms with E-state index in [4.69, 9.17) is 4.74 Å². The molecule has 5 nitrogen and oxygen atoms in total. The standard InChI is InChI=1S/C15H22N2O3S/c1-3-11(17-9-4-5-13(17)18)6-8-16-15(19)14-12(20-2)7-10-21-14/h7,10-11H,3-6,8-9H2,1-2H3,(H,16,19). The molecule has 1 N–H and O–H groups in total. The predicted octanol–water partition coefficient (Wildman–Crippen LogP) is 2.28. The summed E-state index contributed by atoms with van der Waals surface area (Å²) in [7, 11) is 1.56. The van der Waals surface area contributed by atoms with Crippen molar-refractivity contribution in [3.63, 3.8) is 0 Å². The summed E-state index contributed by atoms with van der Waals surface area (Å²) in [5.41, 5.74) is 0. The van der Waals surface area contributed by atoms with E-state index in [1.54, 1.807) is 13.2 Å². The van der Waals surface area contributed by atoms with Crippen molar-refractivity contribution in [3.05, 3.63) is 16.3 Å². The van der Waals surface area contributed by atoms with Crippen molar-refractivity contribution in [1.29, 1.82) is 0 Å². The Kier molecular flexibility index (Phi) is 5.61. The third kappa shape index (κ3) is 3.75. The molecular formula is C15H22N2O3S. The molecule has 0 radical (unpaired) electrons. The first-order valence-electron chi connectivity index (χ1n) is 7.36. The SMILES string of the molecule is CCC(CCNC(=O)c1sccc1OC)N1CCCC1=O. The molecule has 0 aromatic carbocycles. The number of hydrogen-bond acceptors (Lipinski definition) is 4. The summed E-state index contributed by atoms with van der Waals surface area (Å²) >= 11 is 1.37. The second kappa shape index (κ2) is 7.45. The lowest BCUT2D eigenvalue weighted by molar-refractivity contribution is -0.129. The Morgan fingerprint density at radius 2 is 2.38 bits per heavy atom. The van der Waals surface area contributed by atoms with E-state index >= 15 is 0 Å². The maximum atomic E-state index is 12.1. The number of thiophene rings is 1. The number of amides is 2. The van der Waals surface area contributed by atoms with Gasteiger partial charge in [-0.3, -0.25) is 9.59 Å². The van der Waals surface area contributed by atoms with Crippen LogP contribution in [0.2, 0.25) is 0 Å². The summed E-state index contributed by atoms with van der Waals surface area (Å²) in [6.07, 6.45) is 3.33. The van der Waals surface area contributed by atoms with Crippen molar-refractivity contribution < 1.29 is 14.3 Å². The number of nitrogens with one attached hydrogen (secondary N) is 1. The first-order valence-corrected chi connectivity index (χ1v) is 8.24. The lowest BCUT2D eigenvalue weighted by Gasteiger charge is -2.26. The number of nitrogens with zero attached hydrogens (tertiary/aromatic N) is 1.